The third kappa shape index (κ3) is 2.06. The molecule has 4 unspecified atom stereocenters. The molecule has 2 fully saturated rings. The lowest BCUT2D eigenvalue weighted by molar-refractivity contribution is 0.239. The van der Waals surface area contributed by atoms with Gasteiger partial charge in [-0.05, 0) is 49.3 Å². The van der Waals surface area contributed by atoms with Crippen molar-refractivity contribution in [2.45, 2.75) is 31.8 Å². The van der Waals surface area contributed by atoms with E-state index in [9.17, 15) is 4.39 Å². The molecule has 98 valence electrons. The predicted octanol–water partition coefficient (Wildman–Crippen LogP) is 2.56. The highest BCUT2D eigenvalue weighted by atomic mass is 19.1. The molecule has 0 radical (unpaired) electrons. The van der Waals surface area contributed by atoms with Gasteiger partial charge in [0.1, 0.15) is 5.82 Å². The summed E-state index contributed by atoms with van der Waals surface area (Å²) < 4.78 is 12.9. The van der Waals surface area contributed by atoms with E-state index in [0.717, 1.165) is 19.0 Å². The fourth-order valence-corrected chi connectivity index (χ4v) is 3.61. The summed E-state index contributed by atoms with van der Waals surface area (Å²) in [5, 5.41) is 0. The van der Waals surface area contributed by atoms with Gasteiger partial charge < -0.3 is 5.73 Å². The van der Waals surface area contributed by atoms with Crippen molar-refractivity contribution >= 4 is 0 Å². The summed E-state index contributed by atoms with van der Waals surface area (Å²) in [6.45, 7) is 4.46. The van der Waals surface area contributed by atoms with Crippen molar-refractivity contribution in [1.29, 1.82) is 0 Å². The highest BCUT2D eigenvalue weighted by Gasteiger charge is 2.42. The lowest BCUT2D eigenvalue weighted by Gasteiger charge is -2.26. The molecule has 0 amide bonds. The zero-order valence-corrected chi connectivity index (χ0v) is 10.8. The molecule has 0 bridgehead atoms. The van der Waals surface area contributed by atoms with Crippen molar-refractivity contribution in [2.75, 3.05) is 13.1 Å². The molecule has 0 aromatic heterocycles. The largest absolute Gasteiger partial charge is 0.327 e. The van der Waals surface area contributed by atoms with E-state index in [1.807, 2.05) is 12.1 Å². The number of rotatable bonds is 2. The van der Waals surface area contributed by atoms with Crippen LogP contribution in [0.15, 0.2) is 24.3 Å². The Morgan fingerprint density at radius 1 is 1.22 bits per heavy atom. The Labute approximate surface area is 108 Å². The summed E-state index contributed by atoms with van der Waals surface area (Å²) in [6, 6.07) is 7.65. The number of nitrogens with zero attached hydrogens (tertiary/aromatic N) is 1. The molecule has 1 aromatic rings. The van der Waals surface area contributed by atoms with Crippen LogP contribution in [-0.4, -0.2) is 24.0 Å². The molecule has 1 saturated carbocycles. The first-order valence-electron chi connectivity index (χ1n) is 6.90. The van der Waals surface area contributed by atoms with Gasteiger partial charge in [0, 0.05) is 25.2 Å². The first-order valence-corrected chi connectivity index (χ1v) is 6.90. The summed E-state index contributed by atoms with van der Waals surface area (Å²) in [6.07, 6.45) is 2.46. The van der Waals surface area contributed by atoms with Gasteiger partial charge in [-0.1, -0.05) is 12.1 Å². The number of likely N-dealkylation sites (tertiary alicyclic amines) is 1. The lowest BCUT2D eigenvalue weighted by Crippen LogP contribution is -2.31. The summed E-state index contributed by atoms with van der Waals surface area (Å²) in [7, 11) is 0. The summed E-state index contributed by atoms with van der Waals surface area (Å²) in [5.74, 6) is 1.29. The van der Waals surface area contributed by atoms with E-state index in [4.69, 9.17) is 5.73 Å². The first kappa shape index (κ1) is 12.1. The minimum atomic E-state index is -0.161. The molecule has 18 heavy (non-hydrogen) atoms. The van der Waals surface area contributed by atoms with Crippen molar-refractivity contribution < 1.29 is 4.39 Å². The average molecular weight is 248 g/mol. The van der Waals surface area contributed by atoms with Crippen LogP contribution < -0.4 is 5.73 Å². The Morgan fingerprint density at radius 2 is 1.94 bits per heavy atom. The van der Waals surface area contributed by atoms with Crippen molar-refractivity contribution in [3.8, 4) is 0 Å². The second kappa shape index (κ2) is 4.63. The topological polar surface area (TPSA) is 29.3 Å². The summed E-state index contributed by atoms with van der Waals surface area (Å²) >= 11 is 0. The Balaban J connectivity index is 1.71. The zero-order chi connectivity index (χ0) is 12.7. The van der Waals surface area contributed by atoms with E-state index in [1.54, 1.807) is 12.1 Å². The van der Waals surface area contributed by atoms with E-state index >= 15 is 0 Å². The quantitative estimate of drug-likeness (QED) is 0.871. The van der Waals surface area contributed by atoms with Gasteiger partial charge in [0.2, 0.25) is 0 Å². The van der Waals surface area contributed by atoms with E-state index < -0.39 is 0 Å². The van der Waals surface area contributed by atoms with Crippen LogP contribution in [0.25, 0.3) is 0 Å². The first-order chi connectivity index (χ1) is 8.65. The van der Waals surface area contributed by atoms with Gasteiger partial charge in [-0.2, -0.15) is 0 Å². The van der Waals surface area contributed by atoms with Crippen LogP contribution in [-0.2, 0) is 0 Å². The number of hydrogen-bond donors (Lipinski definition) is 1. The molecule has 4 atom stereocenters. The number of benzene rings is 1. The number of hydrogen-bond acceptors (Lipinski definition) is 2. The second-order valence-electron chi connectivity index (χ2n) is 5.85. The van der Waals surface area contributed by atoms with Gasteiger partial charge in [0.05, 0.1) is 0 Å². The third-order valence-electron chi connectivity index (χ3n) is 4.84. The van der Waals surface area contributed by atoms with Crippen molar-refractivity contribution in [3.05, 3.63) is 35.6 Å². The molecule has 3 rings (SSSR count). The molecule has 1 aromatic carbocycles. The van der Waals surface area contributed by atoms with E-state index in [2.05, 4.69) is 11.8 Å². The highest BCUT2D eigenvalue weighted by molar-refractivity contribution is 5.20. The fraction of sp³-hybridized carbons (Fsp3) is 0.600. The molecule has 2 N–H and O–H groups in total. The Kier molecular flexibility index (Phi) is 3.12. The monoisotopic (exact) mass is 248 g/mol. The average Bonchev–Trinajstić information content (AvgIpc) is 2.92. The van der Waals surface area contributed by atoms with Crippen molar-refractivity contribution in [3.63, 3.8) is 0 Å². The van der Waals surface area contributed by atoms with Gasteiger partial charge in [-0.25, -0.2) is 4.39 Å². The molecule has 1 aliphatic heterocycles. The van der Waals surface area contributed by atoms with Crippen LogP contribution in [0, 0.1) is 17.7 Å². The molecule has 0 spiro atoms. The molecule has 1 aliphatic carbocycles. The van der Waals surface area contributed by atoms with Gasteiger partial charge in [-0.3, -0.25) is 4.90 Å². The number of fused-ring (bicyclic) bond motifs is 1. The number of nitrogens with two attached hydrogens (primary N) is 1. The normalized spacial score (nSPS) is 33.6. The van der Waals surface area contributed by atoms with E-state index in [-0.39, 0.29) is 5.82 Å². The van der Waals surface area contributed by atoms with Crippen LogP contribution in [0.5, 0.6) is 0 Å². The number of halogens is 1. The summed E-state index contributed by atoms with van der Waals surface area (Å²) in [4.78, 5) is 2.50. The Morgan fingerprint density at radius 3 is 2.61 bits per heavy atom. The van der Waals surface area contributed by atoms with E-state index in [1.165, 1.54) is 18.4 Å². The Bertz CT molecular complexity index is 417. The van der Waals surface area contributed by atoms with Crippen LogP contribution >= 0.6 is 0 Å². The smallest absolute Gasteiger partial charge is 0.123 e. The van der Waals surface area contributed by atoms with E-state index in [0.29, 0.717) is 18.0 Å². The van der Waals surface area contributed by atoms with Crippen LogP contribution in [0.1, 0.15) is 31.4 Å². The predicted molar refractivity (Wildman–Crippen MR) is 70.6 cm³/mol. The minimum Gasteiger partial charge on any atom is -0.327 e. The molecule has 2 aliphatic rings. The van der Waals surface area contributed by atoms with Gasteiger partial charge in [0.25, 0.3) is 0 Å². The maximum Gasteiger partial charge on any atom is 0.123 e. The molecular weight excluding hydrogens is 227 g/mol. The van der Waals surface area contributed by atoms with Gasteiger partial charge in [0.15, 0.2) is 0 Å². The van der Waals surface area contributed by atoms with Crippen molar-refractivity contribution in [1.82, 2.24) is 4.90 Å². The summed E-state index contributed by atoms with van der Waals surface area (Å²) in [5.41, 5.74) is 7.36. The van der Waals surface area contributed by atoms with Gasteiger partial charge in [-0.15, -0.1) is 0 Å². The zero-order valence-electron chi connectivity index (χ0n) is 10.8. The third-order valence-corrected chi connectivity index (χ3v) is 4.84. The molecule has 3 heteroatoms. The highest BCUT2D eigenvalue weighted by Crippen LogP contribution is 2.40. The minimum absolute atomic E-state index is 0.161. The maximum absolute atomic E-state index is 12.9. The Hall–Kier alpha value is -0.930. The standard InChI is InChI=1S/C15H21FN2/c1-10(11-2-5-13(16)6-3-11)18-8-12-4-7-15(17)14(12)9-18/h2-3,5-6,10,12,14-15H,4,7-9,17H2,1H3. The SMILES string of the molecule is CC(c1ccc(F)cc1)N1CC2CCC(N)C2C1. The molecule has 1 saturated heterocycles. The van der Waals surface area contributed by atoms with Gasteiger partial charge >= 0.3 is 0 Å². The van der Waals surface area contributed by atoms with Crippen molar-refractivity contribution in [2.24, 2.45) is 17.6 Å². The van der Waals surface area contributed by atoms with Crippen LogP contribution in [0.3, 0.4) is 0 Å². The molecular formula is C15H21FN2. The maximum atomic E-state index is 12.9. The van der Waals surface area contributed by atoms with Crippen LogP contribution in [0.4, 0.5) is 4.39 Å². The lowest BCUT2D eigenvalue weighted by atomic mass is 9.98. The van der Waals surface area contributed by atoms with Crippen LogP contribution in [0.2, 0.25) is 0 Å². The molecule has 1 heterocycles. The molecule has 2 nitrogen and oxygen atoms in total. The second-order valence-corrected chi connectivity index (χ2v) is 5.85. The fourth-order valence-electron chi connectivity index (χ4n) is 3.61.